The first-order valence-electron chi connectivity index (χ1n) is 5.19. The van der Waals surface area contributed by atoms with Crippen LogP contribution in [0.15, 0.2) is 24.3 Å². The van der Waals surface area contributed by atoms with Crippen molar-refractivity contribution in [2.75, 3.05) is 0 Å². The first-order chi connectivity index (χ1) is 6.59. The van der Waals surface area contributed by atoms with Crippen LogP contribution < -0.4 is 0 Å². The average molecular weight is 188 g/mol. The Balaban J connectivity index is 2.11. The van der Waals surface area contributed by atoms with Crippen molar-refractivity contribution in [2.24, 2.45) is 5.41 Å². The molecule has 0 aromatic heterocycles. The number of hydrogen-bond acceptors (Lipinski definition) is 1. The SMILES string of the molecule is Cc1cccc(C(=O)CC2(C)CC2)c1. The predicted octanol–water partition coefficient (Wildman–Crippen LogP) is 3.37. The molecule has 1 saturated carbocycles. The number of carbonyl (C=O) groups is 1. The highest BCUT2D eigenvalue weighted by Crippen LogP contribution is 2.48. The molecule has 0 atom stereocenters. The van der Waals surface area contributed by atoms with E-state index in [1.807, 2.05) is 31.2 Å². The molecule has 0 amide bonds. The van der Waals surface area contributed by atoms with Crippen LogP contribution in [-0.4, -0.2) is 5.78 Å². The van der Waals surface area contributed by atoms with Crippen LogP contribution in [-0.2, 0) is 0 Å². The summed E-state index contributed by atoms with van der Waals surface area (Å²) in [6.07, 6.45) is 3.14. The molecule has 0 saturated heterocycles. The number of benzene rings is 1. The maximum atomic E-state index is 11.9. The van der Waals surface area contributed by atoms with Crippen molar-refractivity contribution < 1.29 is 4.79 Å². The summed E-state index contributed by atoms with van der Waals surface area (Å²) in [5.74, 6) is 0.300. The van der Waals surface area contributed by atoms with Crippen LogP contribution in [0.2, 0.25) is 0 Å². The zero-order valence-corrected chi connectivity index (χ0v) is 8.84. The van der Waals surface area contributed by atoms with Gasteiger partial charge in [0, 0.05) is 12.0 Å². The van der Waals surface area contributed by atoms with Gasteiger partial charge in [0.15, 0.2) is 5.78 Å². The zero-order valence-electron chi connectivity index (χ0n) is 8.84. The van der Waals surface area contributed by atoms with Gasteiger partial charge in [0.05, 0.1) is 0 Å². The van der Waals surface area contributed by atoms with Crippen LogP contribution in [0, 0.1) is 12.3 Å². The molecule has 1 aromatic carbocycles. The Kier molecular flexibility index (Phi) is 2.18. The molecular weight excluding hydrogens is 172 g/mol. The van der Waals surface area contributed by atoms with E-state index in [-0.39, 0.29) is 0 Å². The fourth-order valence-corrected chi connectivity index (χ4v) is 1.70. The summed E-state index contributed by atoms with van der Waals surface area (Å²) >= 11 is 0. The van der Waals surface area contributed by atoms with Gasteiger partial charge in [-0.15, -0.1) is 0 Å². The molecule has 1 nitrogen and oxygen atoms in total. The van der Waals surface area contributed by atoms with E-state index in [1.54, 1.807) is 0 Å². The van der Waals surface area contributed by atoms with Gasteiger partial charge >= 0.3 is 0 Å². The first-order valence-corrected chi connectivity index (χ1v) is 5.19. The van der Waals surface area contributed by atoms with Crippen molar-refractivity contribution in [1.29, 1.82) is 0 Å². The molecule has 0 radical (unpaired) electrons. The Morgan fingerprint density at radius 1 is 1.43 bits per heavy atom. The van der Waals surface area contributed by atoms with Crippen molar-refractivity contribution >= 4 is 5.78 Å². The molecule has 0 N–H and O–H groups in total. The molecular formula is C13H16O. The molecule has 0 bridgehead atoms. The maximum Gasteiger partial charge on any atom is 0.163 e. The number of carbonyl (C=O) groups excluding carboxylic acids is 1. The standard InChI is InChI=1S/C13H16O/c1-10-4-3-5-11(8-10)12(14)9-13(2)6-7-13/h3-5,8H,6-7,9H2,1-2H3. The molecule has 0 spiro atoms. The second kappa shape index (κ2) is 3.23. The van der Waals surface area contributed by atoms with Crippen molar-refractivity contribution in [3.8, 4) is 0 Å². The normalized spacial score (nSPS) is 17.9. The Morgan fingerprint density at radius 2 is 2.14 bits per heavy atom. The minimum atomic E-state index is 0.300. The number of hydrogen-bond donors (Lipinski definition) is 0. The van der Waals surface area contributed by atoms with Gasteiger partial charge < -0.3 is 0 Å². The van der Waals surface area contributed by atoms with Crippen LogP contribution in [0.3, 0.4) is 0 Å². The van der Waals surface area contributed by atoms with Crippen molar-refractivity contribution in [1.82, 2.24) is 0 Å². The van der Waals surface area contributed by atoms with Crippen LogP contribution >= 0.6 is 0 Å². The fraction of sp³-hybridized carbons (Fsp3) is 0.462. The molecule has 0 aliphatic heterocycles. The van der Waals surface area contributed by atoms with E-state index >= 15 is 0 Å². The summed E-state index contributed by atoms with van der Waals surface area (Å²) in [5.41, 5.74) is 2.36. The molecule has 1 aromatic rings. The molecule has 2 rings (SSSR count). The Hall–Kier alpha value is -1.11. The van der Waals surface area contributed by atoms with Crippen LogP contribution in [0.4, 0.5) is 0 Å². The minimum absolute atomic E-state index is 0.300. The Labute approximate surface area is 85.1 Å². The average Bonchev–Trinajstić information content (AvgIpc) is 2.83. The van der Waals surface area contributed by atoms with Crippen LogP contribution in [0.1, 0.15) is 42.1 Å². The second-order valence-electron chi connectivity index (χ2n) is 4.78. The molecule has 74 valence electrons. The maximum absolute atomic E-state index is 11.9. The van der Waals surface area contributed by atoms with Gasteiger partial charge in [-0.1, -0.05) is 30.7 Å². The molecule has 1 aliphatic carbocycles. The van der Waals surface area contributed by atoms with E-state index in [0.29, 0.717) is 11.2 Å². The molecule has 1 aliphatic rings. The quantitative estimate of drug-likeness (QED) is 0.665. The fourth-order valence-electron chi connectivity index (χ4n) is 1.70. The summed E-state index contributed by atoms with van der Waals surface area (Å²) in [6, 6.07) is 7.88. The minimum Gasteiger partial charge on any atom is -0.294 e. The van der Waals surface area contributed by atoms with Crippen molar-refractivity contribution in [3.63, 3.8) is 0 Å². The van der Waals surface area contributed by atoms with Gasteiger partial charge in [-0.2, -0.15) is 0 Å². The van der Waals surface area contributed by atoms with Gasteiger partial charge in [0.1, 0.15) is 0 Å². The van der Waals surface area contributed by atoms with Crippen LogP contribution in [0.25, 0.3) is 0 Å². The highest BCUT2D eigenvalue weighted by Gasteiger charge is 2.39. The van der Waals surface area contributed by atoms with E-state index in [2.05, 4.69) is 6.92 Å². The summed E-state index contributed by atoms with van der Waals surface area (Å²) in [6.45, 7) is 4.22. The van der Waals surface area contributed by atoms with E-state index in [4.69, 9.17) is 0 Å². The second-order valence-corrected chi connectivity index (χ2v) is 4.78. The third-order valence-electron chi connectivity index (χ3n) is 3.03. The highest BCUT2D eigenvalue weighted by atomic mass is 16.1. The number of rotatable bonds is 3. The Morgan fingerprint density at radius 3 is 2.71 bits per heavy atom. The largest absolute Gasteiger partial charge is 0.294 e. The van der Waals surface area contributed by atoms with Crippen molar-refractivity contribution in [2.45, 2.75) is 33.1 Å². The van der Waals surface area contributed by atoms with Gasteiger partial charge in [-0.05, 0) is 31.2 Å². The summed E-state index contributed by atoms with van der Waals surface area (Å²) < 4.78 is 0. The molecule has 0 heterocycles. The summed E-state index contributed by atoms with van der Waals surface area (Å²) in [5, 5.41) is 0. The molecule has 1 fully saturated rings. The molecule has 14 heavy (non-hydrogen) atoms. The number of aryl methyl sites for hydroxylation is 1. The van der Waals surface area contributed by atoms with Gasteiger partial charge in [0.2, 0.25) is 0 Å². The highest BCUT2D eigenvalue weighted by molar-refractivity contribution is 5.96. The lowest BCUT2D eigenvalue weighted by molar-refractivity contribution is 0.0959. The summed E-state index contributed by atoms with van der Waals surface area (Å²) in [4.78, 5) is 11.9. The Bertz CT molecular complexity index is 361. The van der Waals surface area contributed by atoms with E-state index in [9.17, 15) is 4.79 Å². The number of Topliss-reactive ketones (excluding diaryl/α,β-unsaturated/α-hetero) is 1. The smallest absolute Gasteiger partial charge is 0.163 e. The van der Waals surface area contributed by atoms with Gasteiger partial charge in [-0.3, -0.25) is 4.79 Å². The zero-order chi connectivity index (χ0) is 10.2. The first kappa shape index (κ1) is 9.45. The van der Waals surface area contributed by atoms with Crippen LogP contribution in [0.5, 0.6) is 0 Å². The lowest BCUT2D eigenvalue weighted by Gasteiger charge is -2.07. The third kappa shape index (κ3) is 2.03. The molecule has 1 heteroatoms. The van der Waals surface area contributed by atoms with E-state index in [0.717, 1.165) is 17.5 Å². The summed E-state index contributed by atoms with van der Waals surface area (Å²) in [7, 11) is 0. The lowest BCUT2D eigenvalue weighted by atomic mass is 9.97. The van der Waals surface area contributed by atoms with E-state index in [1.165, 1.54) is 12.8 Å². The molecule has 0 unspecified atom stereocenters. The van der Waals surface area contributed by atoms with Crippen molar-refractivity contribution in [3.05, 3.63) is 35.4 Å². The third-order valence-corrected chi connectivity index (χ3v) is 3.03. The van der Waals surface area contributed by atoms with Gasteiger partial charge in [-0.25, -0.2) is 0 Å². The topological polar surface area (TPSA) is 17.1 Å². The van der Waals surface area contributed by atoms with E-state index < -0.39 is 0 Å². The number of ketones is 1. The van der Waals surface area contributed by atoms with Gasteiger partial charge in [0.25, 0.3) is 0 Å². The lowest BCUT2D eigenvalue weighted by Crippen LogP contribution is -2.06. The predicted molar refractivity (Wildman–Crippen MR) is 57.5 cm³/mol. The monoisotopic (exact) mass is 188 g/mol.